The molecule has 5 nitrogen and oxygen atoms in total. The predicted molar refractivity (Wildman–Crippen MR) is 120 cm³/mol. The Kier molecular flexibility index (Phi) is 7.89. The molecule has 1 saturated heterocycles. The van der Waals surface area contributed by atoms with Gasteiger partial charge in [0.15, 0.2) is 0 Å². The van der Waals surface area contributed by atoms with Gasteiger partial charge in [0.1, 0.15) is 0 Å². The number of piperidine rings is 1. The average Bonchev–Trinajstić information content (AvgIpc) is 2.78. The molecule has 0 radical (unpaired) electrons. The molecule has 2 N–H and O–H groups in total. The van der Waals surface area contributed by atoms with Gasteiger partial charge in [-0.15, -0.1) is 0 Å². The molecular weight excluding hydrogens is 374 g/mol. The fourth-order valence-electron chi connectivity index (χ4n) is 4.04. The maximum Gasteiger partial charge on any atom is 0.317 e. The van der Waals surface area contributed by atoms with Gasteiger partial charge >= 0.3 is 6.03 Å². The molecule has 0 aliphatic carbocycles. The molecular formula is C25H33N3O2. The summed E-state index contributed by atoms with van der Waals surface area (Å²) < 4.78 is 0. The van der Waals surface area contributed by atoms with E-state index in [0.717, 1.165) is 36.8 Å². The Labute approximate surface area is 179 Å². The summed E-state index contributed by atoms with van der Waals surface area (Å²) in [5, 5.41) is 6.09. The van der Waals surface area contributed by atoms with Crippen molar-refractivity contribution in [1.82, 2.24) is 15.5 Å². The van der Waals surface area contributed by atoms with E-state index in [1.54, 1.807) is 0 Å². The number of nitrogens with one attached hydrogen (secondary N) is 2. The predicted octanol–water partition coefficient (Wildman–Crippen LogP) is 4.57. The van der Waals surface area contributed by atoms with Crippen LogP contribution in [-0.2, 0) is 11.3 Å². The molecule has 3 amide bonds. The van der Waals surface area contributed by atoms with Gasteiger partial charge in [0.2, 0.25) is 5.91 Å². The highest BCUT2D eigenvalue weighted by Gasteiger charge is 2.35. The number of hydrogen-bond acceptors (Lipinski definition) is 2. The standard InChI is InChI=1S/C25H33N3O2/c1-3-4-15-26-25(30)28-18-22(24(29)27-17-20-10-6-5-7-11-20)13-14-23(28)21-12-8-9-19(2)16-21/h5-12,16,22-23H,3-4,13-15,17-18H2,1-2H3,(H,26,30)(H,27,29)/t22-,23-/m1/s1. The quantitative estimate of drug-likeness (QED) is 0.660. The summed E-state index contributed by atoms with van der Waals surface area (Å²) in [4.78, 5) is 27.7. The molecule has 2 atom stereocenters. The normalized spacial score (nSPS) is 18.7. The molecule has 5 heteroatoms. The minimum Gasteiger partial charge on any atom is -0.352 e. The Bertz CT molecular complexity index is 837. The van der Waals surface area contributed by atoms with Gasteiger partial charge in [-0.25, -0.2) is 4.79 Å². The van der Waals surface area contributed by atoms with Crippen molar-refractivity contribution < 1.29 is 9.59 Å². The third-order valence-corrected chi connectivity index (χ3v) is 5.76. The van der Waals surface area contributed by atoms with E-state index in [0.29, 0.717) is 19.6 Å². The third kappa shape index (κ3) is 5.85. The Morgan fingerprint density at radius 1 is 1.03 bits per heavy atom. The highest BCUT2D eigenvalue weighted by molar-refractivity contribution is 5.81. The molecule has 0 bridgehead atoms. The van der Waals surface area contributed by atoms with Gasteiger partial charge in [-0.1, -0.05) is 73.5 Å². The van der Waals surface area contributed by atoms with E-state index >= 15 is 0 Å². The summed E-state index contributed by atoms with van der Waals surface area (Å²) in [7, 11) is 0. The van der Waals surface area contributed by atoms with Crippen molar-refractivity contribution in [3.63, 3.8) is 0 Å². The van der Waals surface area contributed by atoms with Gasteiger partial charge in [0.05, 0.1) is 12.0 Å². The maximum absolute atomic E-state index is 13.0. The smallest absolute Gasteiger partial charge is 0.317 e. The first-order valence-electron chi connectivity index (χ1n) is 11.0. The number of benzene rings is 2. The van der Waals surface area contributed by atoms with Crippen LogP contribution in [0, 0.1) is 12.8 Å². The van der Waals surface area contributed by atoms with E-state index < -0.39 is 0 Å². The molecule has 160 valence electrons. The van der Waals surface area contributed by atoms with Crippen LogP contribution in [0.15, 0.2) is 54.6 Å². The molecule has 1 heterocycles. The lowest BCUT2D eigenvalue weighted by molar-refractivity contribution is -0.126. The first-order chi connectivity index (χ1) is 14.6. The topological polar surface area (TPSA) is 61.4 Å². The molecule has 0 unspecified atom stereocenters. The number of carbonyl (C=O) groups excluding carboxylic acids is 2. The van der Waals surface area contributed by atoms with Crippen molar-refractivity contribution in [3.05, 3.63) is 71.3 Å². The van der Waals surface area contributed by atoms with Gasteiger partial charge < -0.3 is 15.5 Å². The number of hydrogen-bond donors (Lipinski definition) is 2. The van der Waals surface area contributed by atoms with Gasteiger partial charge in [0, 0.05) is 19.6 Å². The van der Waals surface area contributed by atoms with E-state index in [1.165, 1.54) is 5.56 Å². The minimum atomic E-state index is -0.188. The van der Waals surface area contributed by atoms with Crippen LogP contribution in [0.25, 0.3) is 0 Å². The largest absolute Gasteiger partial charge is 0.352 e. The number of nitrogens with zero attached hydrogens (tertiary/aromatic N) is 1. The second-order valence-electron chi connectivity index (χ2n) is 8.15. The second-order valence-corrected chi connectivity index (χ2v) is 8.15. The lowest BCUT2D eigenvalue weighted by Crippen LogP contribution is -2.50. The zero-order chi connectivity index (χ0) is 21.3. The summed E-state index contributed by atoms with van der Waals surface area (Å²) >= 11 is 0. The van der Waals surface area contributed by atoms with Crippen LogP contribution in [-0.4, -0.2) is 29.9 Å². The number of carbonyl (C=O) groups is 2. The van der Waals surface area contributed by atoms with E-state index in [9.17, 15) is 9.59 Å². The second kappa shape index (κ2) is 10.8. The lowest BCUT2D eigenvalue weighted by atomic mass is 9.88. The summed E-state index contributed by atoms with van der Waals surface area (Å²) in [6.45, 7) is 5.79. The number of likely N-dealkylation sites (tertiary alicyclic amines) is 1. The Morgan fingerprint density at radius 2 is 1.83 bits per heavy atom. The fourth-order valence-corrected chi connectivity index (χ4v) is 4.04. The zero-order valence-electron chi connectivity index (χ0n) is 18.1. The molecule has 0 saturated carbocycles. The summed E-state index contributed by atoms with van der Waals surface area (Å²) in [5.41, 5.74) is 3.40. The molecule has 1 aliphatic rings. The van der Waals surface area contributed by atoms with Gasteiger partial charge in [-0.05, 0) is 37.3 Å². The van der Waals surface area contributed by atoms with Gasteiger partial charge in [-0.3, -0.25) is 4.79 Å². The van der Waals surface area contributed by atoms with Crippen LogP contribution < -0.4 is 10.6 Å². The number of unbranched alkanes of at least 4 members (excludes halogenated alkanes) is 1. The van der Waals surface area contributed by atoms with E-state index in [2.05, 4.69) is 42.7 Å². The van der Waals surface area contributed by atoms with Gasteiger partial charge in [-0.2, -0.15) is 0 Å². The first kappa shape index (κ1) is 21.9. The molecule has 3 rings (SSSR count). The zero-order valence-corrected chi connectivity index (χ0v) is 18.1. The van der Waals surface area contributed by atoms with Crippen molar-refractivity contribution in [2.45, 2.75) is 52.1 Å². The number of amides is 3. The SMILES string of the molecule is CCCCNC(=O)N1C[C@H](C(=O)NCc2ccccc2)CC[C@@H]1c1cccc(C)c1. The van der Waals surface area contributed by atoms with Crippen LogP contribution in [0.1, 0.15) is 55.3 Å². The highest BCUT2D eigenvalue weighted by atomic mass is 16.2. The molecule has 1 fully saturated rings. The van der Waals surface area contributed by atoms with E-state index in [1.807, 2.05) is 41.3 Å². The van der Waals surface area contributed by atoms with Crippen molar-refractivity contribution in [2.75, 3.05) is 13.1 Å². The monoisotopic (exact) mass is 407 g/mol. The molecule has 0 aromatic heterocycles. The summed E-state index contributed by atoms with van der Waals surface area (Å²) in [6, 6.07) is 18.2. The van der Waals surface area contributed by atoms with Crippen LogP contribution in [0.5, 0.6) is 0 Å². The van der Waals surface area contributed by atoms with Crippen molar-refractivity contribution in [1.29, 1.82) is 0 Å². The fraction of sp³-hybridized carbons (Fsp3) is 0.440. The van der Waals surface area contributed by atoms with Crippen LogP contribution in [0.4, 0.5) is 4.79 Å². The molecule has 2 aromatic carbocycles. The molecule has 1 aliphatic heterocycles. The molecule has 30 heavy (non-hydrogen) atoms. The third-order valence-electron chi connectivity index (χ3n) is 5.76. The first-order valence-corrected chi connectivity index (χ1v) is 11.0. The van der Waals surface area contributed by atoms with Crippen LogP contribution in [0.2, 0.25) is 0 Å². The number of rotatable bonds is 7. The van der Waals surface area contributed by atoms with Crippen LogP contribution >= 0.6 is 0 Å². The van der Waals surface area contributed by atoms with Crippen LogP contribution in [0.3, 0.4) is 0 Å². The van der Waals surface area contributed by atoms with Gasteiger partial charge in [0.25, 0.3) is 0 Å². The Hall–Kier alpha value is -2.82. The maximum atomic E-state index is 13.0. The van der Waals surface area contributed by atoms with E-state index in [4.69, 9.17) is 0 Å². The summed E-state index contributed by atoms with van der Waals surface area (Å²) in [5.74, 6) is -0.167. The molecule has 2 aromatic rings. The lowest BCUT2D eigenvalue weighted by Gasteiger charge is -2.39. The highest BCUT2D eigenvalue weighted by Crippen LogP contribution is 2.34. The van der Waals surface area contributed by atoms with Crippen molar-refractivity contribution in [2.24, 2.45) is 5.92 Å². The van der Waals surface area contributed by atoms with Crippen molar-refractivity contribution in [3.8, 4) is 0 Å². The molecule has 0 spiro atoms. The Morgan fingerprint density at radius 3 is 2.57 bits per heavy atom. The van der Waals surface area contributed by atoms with E-state index in [-0.39, 0.29) is 23.9 Å². The van der Waals surface area contributed by atoms with Crippen molar-refractivity contribution >= 4 is 11.9 Å². The minimum absolute atomic E-state index is 0.00435. The average molecular weight is 408 g/mol. The summed E-state index contributed by atoms with van der Waals surface area (Å²) in [6.07, 6.45) is 3.55. The number of urea groups is 1. The number of aryl methyl sites for hydroxylation is 1. The Balaban J connectivity index is 1.68.